The van der Waals surface area contributed by atoms with Crippen molar-refractivity contribution in [2.24, 2.45) is 0 Å². The second kappa shape index (κ2) is 9.39. The summed E-state index contributed by atoms with van der Waals surface area (Å²) in [5.41, 5.74) is -0.423. The molecule has 0 saturated heterocycles. The maximum absolute atomic E-state index is 11.8. The summed E-state index contributed by atoms with van der Waals surface area (Å²) in [5.74, 6) is 0. The molecular weight excluding hydrogens is 276 g/mol. The highest BCUT2D eigenvalue weighted by atomic mass is 16.6. The first-order chi connectivity index (χ1) is 10.3. The molecule has 0 spiro atoms. The number of ether oxygens (including phenoxy) is 1. The maximum Gasteiger partial charge on any atom is 0.407 e. The van der Waals surface area contributed by atoms with Crippen LogP contribution < -0.4 is 10.6 Å². The predicted octanol–water partition coefficient (Wildman–Crippen LogP) is 4.38. The van der Waals surface area contributed by atoms with Crippen molar-refractivity contribution >= 4 is 6.09 Å². The van der Waals surface area contributed by atoms with E-state index in [0.29, 0.717) is 12.1 Å². The van der Waals surface area contributed by atoms with Crippen molar-refractivity contribution in [1.82, 2.24) is 10.6 Å². The minimum Gasteiger partial charge on any atom is -0.444 e. The Morgan fingerprint density at radius 2 is 1.86 bits per heavy atom. The topological polar surface area (TPSA) is 50.4 Å². The Labute approximate surface area is 136 Å². The van der Waals surface area contributed by atoms with Crippen molar-refractivity contribution in [3.63, 3.8) is 0 Å². The lowest BCUT2D eigenvalue weighted by molar-refractivity contribution is 0.0505. The smallest absolute Gasteiger partial charge is 0.407 e. The molecule has 3 atom stereocenters. The third kappa shape index (κ3) is 8.62. The van der Waals surface area contributed by atoms with Gasteiger partial charge in [0.1, 0.15) is 5.60 Å². The lowest BCUT2D eigenvalue weighted by Crippen LogP contribution is -2.40. The Balaban J connectivity index is 2.18. The minimum atomic E-state index is -0.423. The summed E-state index contributed by atoms with van der Waals surface area (Å²) in [5, 5.41) is 6.71. The summed E-state index contributed by atoms with van der Waals surface area (Å²) < 4.78 is 5.32. The zero-order valence-corrected chi connectivity index (χ0v) is 15.2. The number of rotatable bonds is 8. The van der Waals surface area contributed by atoms with Gasteiger partial charge in [0.05, 0.1) is 0 Å². The zero-order chi connectivity index (χ0) is 16.6. The molecule has 0 radical (unpaired) electrons. The molecule has 1 amide bonds. The SMILES string of the molecule is CCCCCCC(C)NC1CCC(NC(=O)OC(C)(C)C)C1. The Hall–Kier alpha value is -0.770. The first kappa shape index (κ1) is 19.3. The third-order valence-electron chi connectivity index (χ3n) is 4.16. The Morgan fingerprint density at radius 1 is 1.18 bits per heavy atom. The van der Waals surface area contributed by atoms with E-state index in [0.717, 1.165) is 19.3 Å². The van der Waals surface area contributed by atoms with Crippen molar-refractivity contribution in [1.29, 1.82) is 0 Å². The number of carbonyl (C=O) groups excluding carboxylic acids is 1. The first-order valence-corrected chi connectivity index (χ1v) is 9.05. The van der Waals surface area contributed by atoms with E-state index in [2.05, 4.69) is 24.5 Å². The number of carbonyl (C=O) groups is 1. The minimum absolute atomic E-state index is 0.250. The first-order valence-electron chi connectivity index (χ1n) is 9.05. The molecule has 1 saturated carbocycles. The van der Waals surface area contributed by atoms with E-state index in [4.69, 9.17) is 4.74 Å². The van der Waals surface area contributed by atoms with Gasteiger partial charge in [-0.05, 0) is 53.4 Å². The molecule has 4 heteroatoms. The average Bonchev–Trinajstić information content (AvgIpc) is 2.79. The molecule has 2 N–H and O–H groups in total. The van der Waals surface area contributed by atoms with Gasteiger partial charge >= 0.3 is 6.09 Å². The van der Waals surface area contributed by atoms with Crippen molar-refractivity contribution in [3.05, 3.63) is 0 Å². The monoisotopic (exact) mass is 312 g/mol. The number of hydrogen-bond donors (Lipinski definition) is 2. The molecule has 0 aliphatic heterocycles. The molecule has 1 fully saturated rings. The molecule has 0 heterocycles. The van der Waals surface area contributed by atoms with Crippen LogP contribution in [0.1, 0.15) is 86.0 Å². The van der Waals surface area contributed by atoms with Gasteiger partial charge in [-0.3, -0.25) is 0 Å². The van der Waals surface area contributed by atoms with Gasteiger partial charge in [0.2, 0.25) is 0 Å². The molecule has 0 aromatic heterocycles. The van der Waals surface area contributed by atoms with Crippen LogP contribution in [0.4, 0.5) is 4.79 Å². The summed E-state index contributed by atoms with van der Waals surface area (Å²) in [4.78, 5) is 11.8. The van der Waals surface area contributed by atoms with Gasteiger partial charge in [-0.25, -0.2) is 4.79 Å². The fourth-order valence-electron chi connectivity index (χ4n) is 3.10. The molecule has 3 unspecified atom stereocenters. The summed E-state index contributed by atoms with van der Waals surface area (Å²) in [6.07, 6.45) is 9.45. The van der Waals surface area contributed by atoms with Crippen molar-refractivity contribution in [2.45, 2.75) is 110 Å². The Bertz CT molecular complexity index is 326. The van der Waals surface area contributed by atoms with E-state index in [1.54, 1.807) is 0 Å². The number of alkyl carbamates (subject to hydrolysis) is 1. The summed E-state index contributed by atoms with van der Waals surface area (Å²) in [7, 11) is 0. The van der Waals surface area contributed by atoms with Gasteiger partial charge in [0, 0.05) is 18.1 Å². The number of hydrogen-bond acceptors (Lipinski definition) is 3. The molecule has 22 heavy (non-hydrogen) atoms. The van der Waals surface area contributed by atoms with Gasteiger partial charge in [0.25, 0.3) is 0 Å². The summed E-state index contributed by atoms with van der Waals surface area (Å²) in [6, 6.07) is 1.35. The molecule has 0 bridgehead atoms. The van der Waals surface area contributed by atoms with Crippen LogP contribution in [0.5, 0.6) is 0 Å². The molecule has 1 aliphatic carbocycles. The maximum atomic E-state index is 11.8. The number of nitrogens with one attached hydrogen (secondary N) is 2. The number of unbranched alkanes of at least 4 members (excludes halogenated alkanes) is 3. The number of amides is 1. The Kier molecular flexibility index (Phi) is 8.23. The fraction of sp³-hybridized carbons (Fsp3) is 0.944. The van der Waals surface area contributed by atoms with Crippen LogP contribution in [0.25, 0.3) is 0 Å². The van der Waals surface area contributed by atoms with Crippen LogP contribution >= 0.6 is 0 Å². The largest absolute Gasteiger partial charge is 0.444 e. The highest BCUT2D eigenvalue weighted by molar-refractivity contribution is 5.68. The second-order valence-electron chi connectivity index (χ2n) is 7.77. The molecule has 4 nitrogen and oxygen atoms in total. The van der Waals surface area contributed by atoms with Crippen molar-refractivity contribution in [2.75, 3.05) is 0 Å². The molecule has 0 aromatic rings. The molecule has 1 rings (SSSR count). The van der Waals surface area contributed by atoms with E-state index < -0.39 is 5.60 Å². The van der Waals surface area contributed by atoms with Gasteiger partial charge < -0.3 is 15.4 Å². The van der Waals surface area contributed by atoms with Crippen LogP contribution in [0.15, 0.2) is 0 Å². The van der Waals surface area contributed by atoms with Gasteiger partial charge in [-0.2, -0.15) is 0 Å². The van der Waals surface area contributed by atoms with Crippen LogP contribution in [0.3, 0.4) is 0 Å². The molecule has 1 aliphatic rings. The lowest BCUT2D eigenvalue weighted by Gasteiger charge is -2.22. The molecule has 130 valence electrons. The van der Waals surface area contributed by atoms with E-state index in [1.165, 1.54) is 32.1 Å². The van der Waals surface area contributed by atoms with Gasteiger partial charge in [-0.15, -0.1) is 0 Å². The van der Waals surface area contributed by atoms with Crippen LogP contribution in [0.2, 0.25) is 0 Å². The van der Waals surface area contributed by atoms with Crippen LogP contribution in [-0.4, -0.2) is 29.8 Å². The van der Waals surface area contributed by atoms with Crippen molar-refractivity contribution < 1.29 is 9.53 Å². The highest BCUT2D eigenvalue weighted by Gasteiger charge is 2.28. The predicted molar refractivity (Wildman–Crippen MR) is 92.2 cm³/mol. The highest BCUT2D eigenvalue weighted by Crippen LogP contribution is 2.21. The van der Waals surface area contributed by atoms with Gasteiger partial charge in [0.15, 0.2) is 0 Å². The van der Waals surface area contributed by atoms with E-state index in [9.17, 15) is 4.79 Å². The lowest BCUT2D eigenvalue weighted by atomic mass is 10.1. The van der Waals surface area contributed by atoms with Crippen molar-refractivity contribution in [3.8, 4) is 0 Å². The van der Waals surface area contributed by atoms with E-state index in [-0.39, 0.29) is 12.1 Å². The third-order valence-corrected chi connectivity index (χ3v) is 4.16. The summed E-state index contributed by atoms with van der Waals surface area (Å²) >= 11 is 0. The Morgan fingerprint density at radius 3 is 2.50 bits per heavy atom. The average molecular weight is 312 g/mol. The standard InChI is InChI=1S/C18H36N2O2/c1-6-7-8-9-10-14(2)19-15-11-12-16(13-15)20-17(21)22-18(3,4)5/h14-16,19H,6-13H2,1-5H3,(H,20,21). The van der Waals surface area contributed by atoms with Gasteiger partial charge in [-0.1, -0.05) is 32.6 Å². The van der Waals surface area contributed by atoms with E-state index >= 15 is 0 Å². The molecule has 0 aromatic carbocycles. The van der Waals surface area contributed by atoms with E-state index in [1.807, 2.05) is 20.8 Å². The normalized spacial score (nSPS) is 23.3. The van der Waals surface area contributed by atoms with Crippen LogP contribution in [0, 0.1) is 0 Å². The van der Waals surface area contributed by atoms with Crippen LogP contribution in [-0.2, 0) is 4.74 Å². The quantitative estimate of drug-likeness (QED) is 0.654. The zero-order valence-electron chi connectivity index (χ0n) is 15.2. The fourth-order valence-corrected chi connectivity index (χ4v) is 3.10. The second-order valence-corrected chi connectivity index (χ2v) is 7.77. The summed E-state index contributed by atoms with van der Waals surface area (Å²) in [6.45, 7) is 10.2. The molecular formula is C18H36N2O2.